The van der Waals surface area contributed by atoms with E-state index in [9.17, 15) is 9.59 Å². The fourth-order valence-corrected chi connectivity index (χ4v) is 4.57. The average Bonchev–Trinajstić information content (AvgIpc) is 3.19. The first-order valence-electron chi connectivity index (χ1n) is 9.74. The Morgan fingerprint density at radius 1 is 1.23 bits per heavy atom. The standard InChI is InChI=1S/C20H27N3O3/c24-18-3-6-20(15-23(18)14-17-2-1-13-26-17)7-11-22(12-8-20)19(25)16-4-9-21-10-5-16/h4-5,9-10,17H,1-3,6-8,11-15H2/t17-/m1/s1. The number of nitrogens with zero attached hydrogens (tertiary/aromatic N) is 3. The summed E-state index contributed by atoms with van der Waals surface area (Å²) in [6, 6.07) is 3.55. The van der Waals surface area contributed by atoms with Gasteiger partial charge in [0.2, 0.25) is 5.91 Å². The molecule has 0 aromatic carbocycles. The Morgan fingerprint density at radius 3 is 2.69 bits per heavy atom. The lowest BCUT2D eigenvalue weighted by Crippen LogP contribution is -2.53. The van der Waals surface area contributed by atoms with Crippen molar-refractivity contribution in [2.75, 3.05) is 32.8 Å². The van der Waals surface area contributed by atoms with Gasteiger partial charge in [0.05, 0.1) is 6.10 Å². The molecule has 0 N–H and O–H groups in total. The summed E-state index contributed by atoms with van der Waals surface area (Å²) in [7, 11) is 0. The van der Waals surface area contributed by atoms with E-state index in [0.29, 0.717) is 12.0 Å². The lowest BCUT2D eigenvalue weighted by Gasteiger charge is -2.47. The van der Waals surface area contributed by atoms with Crippen LogP contribution in [-0.4, -0.2) is 65.5 Å². The minimum Gasteiger partial charge on any atom is -0.376 e. The van der Waals surface area contributed by atoms with Crippen molar-refractivity contribution in [3.8, 4) is 0 Å². The van der Waals surface area contributed by atoms with E-state index in [1.54, 1.807) is 24.5 Å². The van der Waals surface area contributed by atoms with Crippen LogP contribution in [0.5, 0.6) is 0 Å². The molecule has 3 fully saturated rings. The van der Waals surface area contributed by atoms with Gasteiger partial charge in [-0.3, -0.25) is 14.6 Å². The van der Waals surface area contributed by atoms with Gasteiger partial charge in [0.15, 0.2) is 0 Å². The van der Waals surface area contributed by atoms with Crippen LogP contribution in [0.2, 0.25) is 0 Å². The number of hydrogen-bond donors (Lipinski definition) is 0. The highest BCUT2D eigenvalue weighted by Crippen LogP contribution is 2.40. The zero-order valence-electron chi connectivity index (χ0n) is 15.2. The smallest absolute Gasteiger partial charge is 0.253 e. The number of carbonyl (C=O) groups excluding carboxylic acids is 2. The van der Waals surface area contributed by atoms with Gasteiger partial charge in [0.25, 0.3) is 5.91 Å². The Morgan fingerprint density at radius 2 is 2.00 bits per heavy atom. The Labute approximate surface area is 154 Å². The van der Waals surface area contributed by atoms with Gasteiger partial charge in [-0.15, -0.1) is 0 Å². The van der Waals surface area contributed by atoms with Gasteiger partial charge in [-0.1, -0.05) is 0 Å². The molecule has 26 heavy (non-hydrogen) atoms. The first-order valence-corrected chi connectivity index (χ1v) is 9.74. The van der Waals surface area contributed by atoms with Crippen LogP contribution in [0, 0.1) is 5.41 Å². The lowest BCUT2D eigenvalue weighted by molar-refractivity contribution is -0.141. The SMILES string of the molecule is O=C1CCC2(CCN(C(=O)c3ccncc3)CC2)CN1C[C@H]1CCCO1. The molecule has 4 rings (SSSR count). The van der Waals surface area contributed by atoms with Crippen LogP contribution in [-0.2, 0) is 9.53 Å². The molecule has 3 aliphatic heterocycles. The fourth-order valence-electron chi connectivity index (χ4n) is 4.57. The monoisotopic (exact) mass is 357 g/mol. The largest absolute Gasteiger partial charge is 0.376 e. The highest BCUT2D eigenvalue weighted by Gasteiger charge is 2.42. The van der Waals surface area contributed by atoms with Crippen LogP contribution in [0.15, 0.2) is 24.5 Å². The second-order valence-electron chi connectivity index (χ2n) is 7.94. The molecular weight excluding hydrogens is 330 g/mol. The van der Waals surface area contributed by atoms with Gasteiger partial charge in [0.1, 0.15) is 0 Å². The molecule has 1 spiro atoms. The molecule has 3 saturated heterocycles. The fraction of sp³-hybridized carbons (Fsp3) is 0.650. The summed E-state index contributed by atoms with van der Waals surface area (Å²) in [4.78, 5) is 33.0. The van der Waals surface area contributed by atoms with Gasteiger partial charge in [-0.05, 0) is 49.7 Å². The van der Waals surface area contributed by atoms with Crippen LogP contribution in [0.4, 0.5) is 0 Å². The third kappa shape index (κ3) is 3.61. The van der Waals surface area contributed by atoms with E-state index in [1.807, 2.05) is 9.80 Å². The third-order valence-corrected chi connectivity index (χ3v) is 6.23. The van der Waals surface area contributed by atoms with Crippen LogP contribution in [0.3, 0.4) is 0 Å². The summed E-state index contributed by atoms with van der Waals surface area (Å²) in [6.45, 7) is 3.92. The number of pyridine rings is 1. The van der Waals surface area contributed by atoms with Crippen molar-refractivity contribution in [3.63, 3.8) is 0 Å². The topological polar surface area (TPSA) is 62.7 Å². The molecule has 6 heteroatoms. The number of ether oxygens (including phenoxy) is 1. The van der Waals surface area contributed by atoms with Crippen molar-refractivity contribution < 1.29 is 14.3 Å². The molecule has 1 atom stereocenters. The Kier molecular flexibility index (Phi) is 4.94. The van der Waals surface area contributed by atoms with E-state index in [1.165, 1.54) is 0 Å². The summed E-state index contributed by atoms with van der Waals surface area (Å²) in [5, 5.41) is 0. The second-order valence-corrected chi connectivity index (χ2v) is 7.94. The molecule has 3 aliphatic rings. The highest BCUT2D eigenvalue weighted by atomic mass is 16.5. The molecule has 0 saturated carbocycles. The number of aromatic nitrogens is 1. The number of likely N-dealkylation sites (tertiary alicyclic amines) is 2. The van der Waals surface area contributed by atoms with E-state index in [4.69, 9.17) is 4.74 Å². The first kappa shape index (κ1) is 17.5. The normalized spacial score (nSPS) is 25.7. The van der Waals surface area contributed by atoms with Gasteiger partial charge in [-0.25, -0.2) is 0 Å². The number of carbonyl (C=O) groups is 2. The van der Waals surface area contributed by atoms with Crippen LogP contribution < -0.4 is 0 Å². The van der Waals surface area contributed by atoms with E-state index in [2.05, 4.69) is 4.98 Å². The van der Waals surface area contributed by atoms with Crippen molar-refractivity contribution in [2.45, 2.75) is 44.6 Å². The molecule has 1 aromatic rings. The maximum atomic E-state index is 12.6. The molecule has 6 nitrogen and oxygen atoms in total. The molecular formula is C20H27N3O3. The molecule has 0 aliphatic carbocycles. The predicted molar refractivity (Wildman–Crippen MR) is 96.6 cm³/mol. The van der Waals surface area contributed by atoms with Gasteiger partial charge in [0, 0.05) is 57.2 Å². The summed E-state index contributed by atoms with van der Waals surface area (Å²) in [5.41, 5.74) is 0.872. The van der Waals surface area contributed by atoms with Crippen molar-refractivity contribution in [1.29, 1.82) is 0 Å². The minimum atomic E-state index is 0.0883. The van der Waals surface area contributed by atoms with Gasteiger partial charge >= 0.3 is 0 Å². The number of rotatable bonds is 3. The maximum absolute atomic E-state index is 12.6. The highest BCUT2D eigenvalue weighted by molar-refractivity contribution is 5.94. The number of hydrogen-bond acceptors (Lipinski definition) is 4. The van der Waals surface area contributed by atoms with E-state index >= 15 is 0 Å². The molecule has 1 aromatic heterocycles. The second kappa shape index (κ2) is 7.35. The van der Waals surface area contributed by atoms with E-state index < -0.39 is 0 Å². The van der Waals surface area contributed by atoms with E-state index in [-0.39, 0.29) is 23.3 Å². The molecule has 2 amide bonds. The predicted octanol–water partition coefficient (Wildman–Crippen LogP) is 2.11. The first-order chi connectivity index (χ1) is 12.7. The maximum Gasteiger partial charge on any atom is 0.253 e. The Bertz CT molecular complexity index is 650. The number of piperidine rings is 2. The zero-order valence-corrected chi connectivity index (χ0v) is 15.2. The molecule has 0 radical (unpaired) electrons. The van der Waals surface area contributed by atoms with E-state index in [0.717, 1.165) is 64.9 Å². The molecule has 4 heterocycles. The summed E-state index contributed by atoms with van der Waals surface area (Å²) in [6.07, 6.45) is 9.22. The van der Waals surface area contributed by atoms with Crippen molar-refractivity contribution in [1.82, 2.24) is 14.8 Å². The Hall–Kier alpha value is -1.95. The molecule has 0 unspecified atom stereocenters. The summed E-state index contributed by atoms with van der Waals surface area (Å²) < 4.78 is 5.73. The molecule has 0 bridgehead atoms. The minimum absolute atomic E-state index is 0.0883. The van der Waals surface area contributed by atoms with Crippen molar-refractivity contribution >= 4 is 11.8 Å². The van der Waals surface area contributed by atoms with Crippen molar-refractivity contribution in [3.05, 3.63) is 30.1 Å². The van der Waals surface area contributed by atoms with Crippen molar-refractivity contribution in [2.24, 2.45) is 5.41 Å². The third-order valence-electron chi connectivity index (χ3n) is 6.23. The summed E-state index contributed by atoms with van der Waals surface area (Å²) >= 11 is 0. The summed E-state index contributed by atoms with van der Waals surface area (Å²) in [5.74, 6) is 0.353. The number of amides is 2. The Balaban J connectivity index is 1.36. The van der Waals surface area contributed by atoms with Crippen LogP contribution in [0.25, 0.3) is 0 Å². The van der Waals surface area contributed by atoms with Gasteiger partial charge in [-0.2, -0.15) is 0 Å². The van der Waals surface area contributed by atoms with Gasteiger partial charge < -0.3 is 14.5 Å². The van der Waals surface area contributed by atoms with Crippen LogP contribution >= 0.6 is 0 Å². The quantitative estimate of drug-likeness (QED) is 0.831. The van der Waals surface area contributed by atoms with Crippen LogP contribution in [0.1, 0.15) is 48.9 Å². The lowest BCUT2D eigenvalue weighted by atomic mass is 9.72. The zero-order chi connectivity index (χ0) is 18.0. The molecule has 140 valence electrons. The average molecular weight is 357 g/mol.